The molecule has 2 N–H and O–H groups in total. The first kappa shape index (κ1) is 18.4. The minimum absolute atomic E-state index is 0.0830. The van der Waals surface area contributed by atoms with Gasteiger partial charge in [-0.2, -0.15) is 0 Å². The summed E-state index contributed by atoms with van der Waals surface area (Å²) in [7, 11) is 0. The number of hydrogen-bond acceptors (Lipinski definition) is 6. The highest BCUT2D eigenvalue weighted by Crippen LogP contribution is 2.20. The van der Waals surface area contributed by atoms with Crippen LogP contribution in [0.15, 0.2) is 42.7 Å². The van der Waals surface area contributed by atoms with Crippen LogP contribution in [0.1, 0.15) is 15.9 Å². The van der Waals surface area contributed by atoms with E-state index in [0.29, 0.717) is 13.1 Å². The number of benzene rings is 1. The van der Waals surface area contributed by atoms with Crippen molar-refractivity contribution in [1.29, 1.82) is 0 Å². The van der Waals surface area contributed by atoms with Crippen LogP contribution in [0.3, 0.4) is 0 Å². The van der Waals surface area contributed by atoms with E-state index in [-0.39, 0.29) is 48.1 Å². The number of rotatable bonds is 6. The summed E-state index contributed by atoms with van der Waals surface area (Å²) in [5.41, 5.74) is 1.34. The van der Waals surface area contributed by atoms with Gasteiger partial charge in [-0.1, -0.05) is 0 Å². The lowest BCUT2D eigenvalue weighted by molar-refractivity contribution is -0.136. The summed E-state index contributed by atoms with van der Waals surface area (Å²) in [5.74, 6) is -1.73. The molecule has 0 bridgehead atoms. The predicted molar refractivity (Wildman–Crippen MR) is 96.8 cm³/mol. The highest BCUT2D eigenvalue weighted by atomic mass is 16.4. The number of phenolic OH excluding ortho intramolecular Hbond substituents is 1. The van der Waals surface area contributed by atoms with Crippen LogP contribution < -0.4 is 4.90 Å². The molecule has 1 aromatic heterocycles. The standard InChI is InChI=1S/C19H19N3O5/c23-16-2-1-13(9-14(16)10-19(26)27)17(24)11-22-8-7-21(12-18(22)25)15-3-5-20-6-4-15/h1-6,9,23H,7-8,10-12H2,(H,26,27). The predicted octanol–water partition coefficient (Wildman–Crippen LogP) is 0.946. The van der Waals surface area contributed by atoms with Gasteiger partial charge in [-0.3, -0.25) is 19.4 Å². The summed E-state index contributed by atoms with van der Waals surface area (Å²) in [6.45, 7) is 1.10. The quantitative estimate of drug-likeness (QED) is 0.729. The SMILES string of the molecule is O=C(O)Cc1cc(C(=O)CN2CCN(c3ccncc3)CC2=O)ccc1O. The van der Waals surface area contributed by atoms with E-state index in [0.717, 1.165) is 5.69 Å². The number of nitrogens with zero attached hydrogens (tertiary/aromatic N) is 3. The van der Waals surface area contributed by atoms with E-state index in [1.165, 1.54) is 23.1 Å². The maximum absolute atomic E-state index is 12.5. The number of piperazine rings is 1. The van der Waals surface area contributed by atoms with Crippen LogP contribution in [0.4, 0.5) is 5.69 Å². The Morgan fingerprint density at radius 1 is 1.11 bits per heavy atom. The van der Waals surface area contributed by atoms with Gasteiger partial charge in [0, 0.05) is 42.3 Å². The Morgan fingerprint density at radius 3 is 2.52 bits per heavy atom. The zero-order valence-electron chi connectivity index (χ0n) is 14.5. The third kappa shape index (κ3) is 4.41. The number of ketones is 1. The summed E-state index contributed by atoms with van der Waals surface area (Å²) in [4.78, 5) is 43.2. The molecule has 1 saturated heterocycles. The fourth-order valence-electron chi connectivity index (χ4n) is 2.98. The fourth-order valence-corrected chi connectivity index (χ4v) is 2.98. The number of carbonyl (C=O) groups is 3. The second-order valence-electron chi connectivity index (χ2n) is 6.28. The van der Waals surface area contributed by atoms with Crippen LogP contribution >= 0.6 is 0 Å². The molecule has 3 rings (SSSR count). The maximum Gasteiger partial charge on any atom is 0.307 e. The molecule has 0 unspecified atom stereocenters. The van der Waals surface area contributed by atoms with Gasteiger partial charge in [0.1, 0.15) is 5.75 Å². The van der Waals surface area contributed by atoms with Gasteiger partial charge in [0.2, 0.25) is 5.91 Å². The molecule has 1 aliphatic heterocycles. The number of hydrogen-bond donors (Lipinski definition) is 2. The molecule has 0 aliphatic carbocycles. The van der Waals surface area contributed by atoms with Crippen molar-refractivity contribution in [3.63, 3.8) is 0 Å². The molecule has 2 aromatic rings. The van der Waals surface area contributed by atoms with E-state index >= 15 is 0 Å². The zero-order chi connectivity index (χ0) is 19.4. The first-order valence-corrected chi connectivity index (χ1v) is 8.43. The smallest absolute Gasteiger partial charge is 0.307 e. The zero-order valence-corrected chi connectivity index (χ0v) is 14.5. The summed E-state index contributed by atoms with van der Waals surface area (Å²) >= 11 is 0. The average molecular weight is 369 g/mol. The van der Waals surface area contributed by atoms with Crippen molar-refractivity contribution >= 4 is 23.3 Å². The Hall–Kier alpha value is -3.42. The van der Waals surface area contributed by atoms with Gasteiger partial charge in [0.05, 0.1) is 19.5 Å². The number of aromatic nitrogens is 1. The van der Waals surface area contributed by atoms with Crippen molar-refractivity contribution in [3.05, 3.63) is 53.9 Å². The lowest BCUT2D eigenvalue weighted by atomic mass is 10.0. The number of amides is 1. The van der Waals surface area contributed by atoms with Gasteiger partial charge < -0.3 is 20.0 Å². The normalized spacial score (nSPS) is 14.3. The molecule has 0 atom stereocenters. The monoisotopic (exact) mass is 369 g/mol. The molecule has 1 fully saturated rings. The summed E-state index contributed by atoms with van der Waals surface area (Å²) in [6.07, 6.45) is 2.95. The van der Waals surface area contributed by atoms with E-state index in [9.17, 15) is 19.5 Å². The van der Waals surface area contributed by atoms with Gasteiger partial charge in [0.25, 0.3) is 0 Å². The largest absolute Gasteiger partial charge is 0.508 e. The topological polar surface area (TPSA) is 111 Å². The molecule has 0 saturated carbocycles. The van der Waals surface area contributed by atoms with Crippen molar-refractivity contribution in [2.24, 2.45) is 0 Å². The van der Waals surface area contributed by atoms with Crippen molar-refractivity contribution in [1.82, 2.24) is 9.88 Å². The number of carbonyl (C=O) groups excluding carboxylic acids is 2. The third-order valence-corrected chi connectivity index (χ3v) is 4.42. The van der Waals surface area contributed by atoms with Crippen molar-refractivity contribution in [2.45, 2.75) is 6.42 Å². The van der Waals surface area contributed by atoms with Crippen LogP contribution in [0.5, 0.6) is 5.75 Å². The highest BCUT2D eigenvalue weighted by molar-refractivity contribution is 6.00. The Bertz CT molecular complexity index is 869. The average Bonchev–Trinajstić information content (AvgIpc) is 2.65. The summed E-state index contributed by atoms with van der Waals surface area (Å²) in [6, 6.07) is 7.75. The molecule has 27 heavy (non-hydrogen) atoms. The number of anilines is 1. The van der Waals surface area contributed by atoms with Crippen molar-refractivity contribution in [2.75, 3.05) is 31.1 Å². The number of carboxylic acids is 1. The number of aliphatic carboxylic acids is 1. The van der Waals surface area contributed by atoms with Crippen molar-refractivity contribution < 1.29 is 24.6 Å². The van der Waals surface area contributed by atoms with Gasteiger partial charge in [-0.15, -0.1) is 0 Å². The first-order valence-electron chi connectivity index (χ1n) is 8.43. The lowest BCUT2D eigenvalue weighted by Gasteiger charge is -2.35. The van der Waals surface area contributed by atoms with Crippen LogP contribution in [-0.2, 0) is 16.0 Å². The minimum atomic E-state index is -1.10. The van der Waals surface area contributed by atoms with Crippen LogP contribution in [0, 0.1) is 0 Å². The second kappa shape index (κ2) is 7.86. The molecule has 0 radical (unpaired) electrons. The van der Waals surface area contributed by atoms with Crippen LogP contribution in [0.25, 0.3) is 0 Å². The minimum Gasteiger partial charge on any atom is -0.508 e. The Morgan fingerprint density at radius 2 is 1.85 bits per heavy atom. The van der Waals surface area contributed by atoms with Gasteiger partial charge in [-0.05, 0) is 30.3 Å². The Kier molecular flexibility index (Phi) is 5.35. The van der Waals surface area contributed by atoms with E-state index < -0.39 is 5.97 Å². The first-order chi connectivity index (χ1) is 12.9. The Balaban J connectivity index is 1.65. The number of aromatic hydroxyl groups is 1. The van der Waals surface area contributed by atoms with Crippen LogP contribution in [0.2, 0.25) is 0 Å². The molecule has 140 valence electrons. The molecular formula is C19H19N3O5. The molecule has 1 aromatic carbocycles. The Labute approximate surface area is 155 Å². The fraction of sp³-hybridized carbons (Fsp3) is 0.263. The number of pyridine rings is 1. The van der Waals surface area contributed by atoms with Gasteiger partial charge in [-0.25, -0.2) is 0 Å². The van der Waals surface area contributed by atoms with E-state index in [2.05, 4.69) is 4.98 Å². The number of Topliss-reactive ketones (excluding diaryl/α,β-unsaturated/α-hetero) is 1. The molecule has 2 heterocycles. The van der Waals surface area contributed by atoms with E-state index in [4.69, 9.17) is 5.11 Å². The highest BCUT2D eigenvalue weighted by Gasteiger charge is 2.26. The number of carboxylic acid groups (broad SMARTS) is 1. The molecule has 8 heteroatoms. The molecule has 0 spiro atoms. The molecule has 1 amide bonds. The second-order valence-corrected chi connectivity index (χ2v) is 6.28. The number of phenols is 1. The summed E-state index contributed by atoms with van der Waals surface area (Å²) in [5, 5.41) is 18.6. The van der Waals surface area contributed by atoms with Crippen LogP contribution in [-0.4, -0.2) is 63.9 Å². The third-order valence-electron chi connectivity index (χ3n) is 4.42. The maximum atomic E-state index is 12.5. The molecule has 8 nitrogen and oxygen atoms in total. The lowest BCUT2D eigenvalue weighted by Crippen LogP contribution is -2.51. The van der Waals surface area contributed by atoms with E-state index in [1.807, 2.05) is 17.0 Å². The summed E-state index contributed by atoms with van der Waals surface area (Å²) < 4.78 is 0. The van der Waals surface area contributed by atoms with Gasteiger partial charge in [0.15, 0.2) is 5.78 Å². The van der Waals surface area contributed by atoms with Gasteiger partial charge >= 0.3 is 5.97 Å². The molecule has 1 aliphatic rings. The molecular weight excluding hydrogens is 350 g/mol. The van der Waals surface area contributed by atoms with E-state index in [1.54, 1.807) is 12.4 Å². The van der Waals surface area contributed by atoms with Crippen molar-refractivity contribution in [3.8, 4) is 5.75 Å².